The molecule has 0 unspecified atom stereocenters. The molecule has 0 radical (unpaired) electrons. The van der Waals surface area contributed by atoms with Gasteiger partial charge in [0.1, 0.15) is 11.4 Å². The van der Waals surface area contributed by atoms with Gasteiger partial charge in [-0.1, -0.05) is 6.07 Å². The zero-order valence-corrected chi connectivity index (χ0v) is 13.1. The number of nitrogens with one attached hydrogen (secondary N) is 1. The molecule has 1 aliphatic rings. The number of pyridine rings is 1. The number of ether oxygens (including phenoxy) is 1. The predicted octanol–water partition coefficient (Wildman–Crippen LogP) is 2.82. The van der Waals surface area contributed by atoms with E-state index in [1.165, 1.54) is 0 Å². The number of piperidine rings is 1. The molecule has 1 amide bonds. The van der Waals surface area contributed by atoms with Crippen molar-refractivity contribution in [3.8, 4) is 0 Å². The van der Waals surface area contributed by atoms with Crippen LogP contribution in [-0.2, 0) is 4.74 Å². The fourth-order valence-electron chi connectivity index (χ4n) is 2.52. The third kappa shape index (κ3) is 5.25. The van der Waals surface area contributed by atoms with Crippen molar-refractivity contribution in [3.63, 3.8) is 0 Å². The fraction of sp³-hybridized carbons (Fsp3) is 0.625. The van der Waals surface area contributed by atoms with E-state index >= 15 is 0 Å². The monoisotopic (exact) mass is 291 g/mol. The molecule has 0 saturated carbocycles. The number of carbonyl (C=O) groups excluding carboxylic acids is 1. The molecule has 5 heteroatoms. The van der Waals surface area contributed by atoms with Crippen LogP contribution >= 0.6 is 0 Å². The normalized spacial score (nSPS) is 19.2. The minimum atomic E-state index is -0.448. The molecule has 0 spiro atoms. The first-order valence-corrected chi connectivity index (χ1v) is 7.57. The molecule has 0 aliphatic carbocycles. The molecule has 5 nitrogen and oxygen atoms in total. The van der Waals surface area contributed by atoms with Crippen LogP contribution in [0.1, 0.15) is 33.6 Å². The van der Waals surface area contributed by atoms with Crippen LogP contribution in [0, 0.1) is 5.92 Å². The molecule has 1 aromatic heterocycles. The summed E-state index contributed by atoms with van der Waals surface area (Å²) in [6.45, 7) is 8.22. The molecule has 1 aromatic rings. The van der Waals surface area contributed by atoms with E-state index in [1.54, 1.807) is 0 Å². The van der Waals surface area contributed by atoms with E-state index in [2.05, 4.69) is 15.2 Å². The highest BCUT2D eigenvalue weighted by molar-refractivity contribution is 5.67. The van der Waals surface area contributed by atoms with E-state index in [-0.39, 0.29) is 6.09 Å². The van der Waals surface area contributed by atoms with Crippen LogP contribution in [0.2, 0.25) is 0 Å². The lowest BCUT2D eigenvalue weighted by Gasteiger charge is -2.33. The number of nitrogens with zero attached hydrogens (tertiary/aromatic N) is 2. The number of alkyl carbamates (subject to hydrolysis) is 1. The van der Waals surface area contributed by atoms with E-state index in [4.69, 9.17) is 4.74 Å². The molecule has 0 aromatic carbocycles. The molecule has 0 bridgehead atoms. The van der Waals surface area contributed by atoms with Gasteiger partial charge < -0.3 is 15.0 Å². The second-order valence-corrected chi connectivity index (χ2v) is 6.52. The minimum absolute atomic E-state index is 0.336. The van der Waals surface area contributed by atoms with Gasteiger partial charge in [0, 0.05) is 25.8 Å². The van der Waals surface area contributed by atoms with Crippen LogP contribution in [-0.4, -0.2) is 36.3 Å². The van der Waals surface area contributed by atoms with Crippen molar-refractivity contribution in [3.05, 3.63) is 24.4 Å². The van der Waals surface area contributed by atoms with Gasteiger partial charge in [-0.15, -0.1) is 0 Å². The van der Waals surface area contributed by atoms with Crippen LogP contribution in [0.3, 0.4) is 0 Å². The number of aromatic nitrogens is 1. The Morgan fingerprint density at radius 3 is 2.95 bits per heavy atom. The average Bonchev–Trinajstić information content (AvgIpc) is 2.45. The average molecular weight is 291 g/mol. The highest BCUT2D eigenvalue weighted by atomic mass is 16.6. The van der Waals surface area contributed by atoms with Crippen LogP contribution in [0.15, 0.2) is 24.4 Å². The molecule has 116 valence electrons. The second-order valence-electron chi connectivity index (χ2n) is 6.52. The summed E-state index contributed by atoms with van der Waals surface area (Å²) in [6, 6.07) is 5.96. The number of carbonyl (C=O) groups is 1. The summed E-state index contributed by atoms with van der Waals surface area (Å²) in [5, 5.41) is 2.87. The van der Waals surface area contributed by atoms with Crippen LogP contribution in [0.25, 0.3) is 0 Å². The van der Waals surface area contributed by atoms with Gasteiger partial charge >= 0.3 is 6.09 Å². The number of amides is 1. The van der Waals surface area contributed by atoms with Gasteiger partial charge in [0.15, 0.2) is 0 Å². The van der Waals surface area contributed by atoms with E-state index < -0.39 is 5.60 Å². The molecule has 2 rings (SSSR count). The first-order valence-electron chi connectivity index (χ1n) is 7.57. The maximum atomic E-state index is 11.7. The molecular formula is C16H25N3O2. The van der Waals surface area contributed by atoms with Gasteiger partial charge in [-0.05, 0) is 51.7 Å². The highest BCUT2D eigenvalue weighted by Crippen LogP contribution is 2.20. The zero-order chi connectivity index (χ0) is 15.3. The molecule has 1 atom stereocenters. The summed E-state index contributed by atoms with van der Waals surface area (Å²) in [5.74, 6) is 1.45. The Hall–Kier alpha value is -1.78. The Kier molecular flexibility index (Phi) is 5.04. The maximum absolute atomic E-state index is 11.7. The van der Waals surface area contributed by atoms with Gasteiger partial charge in [-0.25, -0.2) is 9.78 Å². The topological polar surface area (TPSA) is 54.5 Å². The number of hydrogen-bond acceptors (Lipinski definition) is 4. The van der Waals surface area contributed by atoms with E-state index in [0.29, 0.717) is 12.5 Å². The summed E-state index contributed by atoms with van der Waals surface area (Å²) < 4.78 is 5.26. The standard InChI is InChI=1S/C16H25N3O2/c1-16(2,3)21-15(20)18-11-13-7-6-10-19(12-13)14-8-4-5-9-17-14/h4-5,8-9,13H,6-7,10-12H2,1-3H3,(H,18,20)/t13-/m0/s1. The zero-order valence-electron chi connectivity index (χ0n) is 13.1. The molecular weight excluding hydrogens is 266 g/mol. The van der Waals surface area contributed by atoms with Gasteiger partial charge in [-0.2, -0.15) is 0 Å². The Morgan fingerprint density at radius 1 is 1.48 bits per heavy atom. The summed E-state index contributed by atoms with van der Waals surface area (Å²) in [4.78, 5) is 18.4. The molecule has 21 heavy (non-hydrogen) atoms. The molecule has 1 fully saturated rings. The first kappa shape index (κ1) is 15.6. The Labute approximate surface area is 126 Å². The summed E-state index contributed by atoms with van der Waals surface area (Å²) >= 11 is 0. The van der Waals surface area contributed by atoms with Crippen molar-refractivity contribution in [1.29, 1.82) is 0 Å². The smallest absolute Gasteiger partial charge is 0.407 e. The Bertz CT molecular complexity index is 456. The number of rotatable bonds is 3. The minimum Gasteiger partial charge on any atom is -0.444 e. The lowest BCUT2D eigenvalue weighted by molar-refractivity contribution is 0.0517. The quantitative estimate of drug-likeness (QED) is 0.930. The lowest BCUT2D eigenvalue weighted by Crippen LogP contribution is -2.42. The van der Waals surface area contributed by atoms with Crippen LogP contribution < -0.4 is 10.2 Å². The number of hydrogen-bond donors (Lipinski definition) is 1. The largest absolute Gasteiger partial charge is 0.444 e. The first-order chi connectivity index (χ1) is 9.94. The van der Waals surface area contributed by atoms with E-state index in [9.17, 15) is 4.79 Å². The summed E-state index contributed by atoms with van der Waals surface area (Å²) in [7, 11) is 0. The predicted molar refractivity (Wildman–Crippen MR) is 83.4 cm³/mol. The number of anilines is 1. The maximum Gasteiger partial charge on any atom is 0.407 e. The van der Waals surface area contributed by atoms with Crippen molar-refractivity contribution >= 4 is 11.9 Å². The van der Waals surface area contributed by atoms with Gasteiger partial charge in [0.05, 0.1) is 0 Å². The Morgan fingerprint density at radius 2 is 2.29 bits per heavy atom. The van der Waals surface area contributed by atoms with E-state index in [0.717, 1.165) is 31.7 Å². The second kappa shape index (κ2) is 6.78. The van der Waals surface area contributed by atoms with Crippen molar-refractivity contribution in [2.45, 2.75) is 39.2 Å². The van der Waals surface area contributed by atoms with Crippen molar-refractivity contribution in [2.75, 3.05) is 24.5 Å². The van der Waals surface area contributed by atoms with Crippen molar-refractivity contribution < 1.29 is 9.53 Å². The van der Waals surface area contributed by atoms with Gasteiger partial charge in [-0.3, -0.25) is 0 Å². The summed E-state index contributed by atoms with van der Waals surface area (Å²) in [6.07, 6.45) is 3.73. The van der Waals surface area contributed by atoms with Crippen molar-refractivity contribution in [2.24, 2.45) is 5.92 Å². The van der Waals surface area contributed by atoms with Crippen LogP contribution in [0.5, 0.6) is 0 Å². The molecule has 2 heterocycles. The molecule has 1 saturated heterocycles. The third-order valence-corrected chi connectivity index (χ3v) is 3.43. The molecule has 1 N–H and O–H groups in total. The van der Waals surface area contributed by atoms with E-state index in [1.807, 2.05) is 45.2 Å². The lowest BCUT2D eigenvalue weighted by atomic mass is 9.98. The Balaban J connectivity index is 1.81. The fourth-order valence-corrected chi connectivity index (χ4v) is 2.52. The third-order valence-electron chi connectivity index (χ3n) is 3.43. The van der Waals surface area contributed by atoms with Crippen molar-refractivity contribution in [1.82, 2.24) is 10.3 Å². The van der Waals surface area contributed by atoms with Gasteiger partial charge in [0.2, 0.25) is 0 Å². The summed E-state index contributed by atoms with van der Waals surface area (Å²) in [5.41, 5.74) is -0.448. The van der Waals surface area contributed by atoms with Gasteiger partial charge in [0.25, 0.3) is 0 Å². The van der Waals surface area contributed by atoms with Crippen LogP contribution in [0.4, 0.5) is 10.6 Å². The molecule has 1 aliphatic heterocycles. The highest BCUT2D eigenvalue weighted by Gasteiger charge is 2.22. The SMILES string of the molecule is CC(C)(C)OC(=O)NC[C@@H]1CCCN(c2ccccn2)C1.